The molecule has 0 aliphatic rings. The smallest absolute Gasteiger partial charge is 0.251 e. The van der Waals surface area contributed by atoms with Crippen molar-refractivity contribution < 1.29 is 18.3 Å². The van der Waals surface area contributed by atoms with Gasteiger partial charge in [0.25, 0.3) is 5.91 Å². The van der Waals surface area contributed by atoms with Crippen LogP contribution >= 0.6 is 0 Å². The molecular weight excluding hydrogens is 448 g/mol. The molecule has 0 atom stereocenters. The molecular formula is C27H48N2O4S. The molecule has 196 valence electrons. The summed E-state index contributed by atoms with van der Waals surface area (Å²) in [6.07, 6.45) is 22.1. The molecule has 1 rings (SSSR count). The van der Waals surface area contributed by atoms with Crippen LogP contribution in [0.3, 0.4) is 0 Å². The molecule has 0 saturated heterocycles. The van der Waals surface area contributed by atoms with Crippen molar-refractivity contribution in [2.45, 2.75) is 116 Å². The second kappa shape index (κ2) is 18.7. The summed E-state index contributed by atoms with van der Waals surface area (Å²) in [6, 6.07) is 4.63. The van der Waals surface area contributed by atoms with E-state index in [1.54, 1.807) is 12.1 Å². The first-order chi connectivity index (χ1) is 16.4. The molecule has 7 heteroatoms. The molecule has 1 amide bonds. The van der Waals surface area contributed by atoms with Crippen LogP contribution in [-0.2, 0) is 16.6 Å². The summed E-state index contributed by atoms with van der Waals surface area (Å²) in [6.45, 7) is 2.56. The predicted octanol–water partition coefficient (Wildman–Crippen LogP) is 6.54. The molecule has 0 bridgehead atoms. The Bertz CT molecular complexity index is 781. The van der Waals surface area contributed by atoms with Gasteiger partial charge in [-0.2, -0.15) is 0 Å². The minimum Gasteiger partial charge on any atom is -0.392 e. The van der Waals surface area contributed by atoms with Gasteiger partial charge >= 0.3 is 0 Å². The Hall–Kier alpha value is -1.60. The lowest BCUT2D eigenvalue weighted by molar-refractivity contribution is 0.0953. The topological polar surface area (TPSA) is 95.5 Å². The van der Waals surface area contributed by atoms with Crippen LogP contribution in [0.25, 0.3) is 0 Å². The van der Waals surface area contributed by atoms with Crippen LogP contribution in [0.5, 0.6) is 0 Å². The van der Waals surface area contributed by atoms with Crippen LogP contribution in [0.1, 0.15) is 126 Å². The SMILES string of the molecule is CCCCCCCCCCCCCCCCCCNC(=O)c1ccc(CO)c(NS(C)(=O)=O)c1. The monoisotopic (exact) mass is 496 g/mol. The molecule has 3 N–H and O–H groups in total. The summed E-state index contributed by atoms with van der Waals surface area (Å²) in [5.41, 5.74) is 1.04. The number of benzene rings is 1. The number of hydrogen-bond donors (Lipinski definition) is 3. The molecule has 0 spiro atoms. The molecule has 0 aromatic heterocycles. The summed E-state index contributed by atoms with van der Waals surface area (Å²) in [7, 11) is -3.49. The van der Waals surface area contributed by atoms with E-state index < -0.39 is 10.0 Å². The molecule has 6 nitrogen and oxygen atoms in total. The summed E-state index contributed by atoms with van der Waals surface area (Å²) in [4.78, 5) is 12.4. The number of unbranched alkanes of at least 4 members (excludes halogenated alkanes) is 15. The van der Waals surface area contributed by atoms with E-state index in [1.165, 1.54) is 96.0 Å². The number of amides is 1. The van der Waals surface area contributed by atoms with Gasteiger partial charge in [-0.1, -0.05) is 109 Å². The van der Waals surface area contributed by atoms with E-state index in [0.29, 0.717) is 17.7 Å². The average Bonchev–Trinajstić information content (AvgIpc) is 2.79. The molecule has 0 saturated carbocycles. The van der Waals surface area contributed by atoms with Crippen molar-refractivity contribution in [2.75, 3.05) is 17.5 Å². The minimum absolute atomic E-state index is 0.234. The van der Waals surface area contributed by atoms with E-state index in [-0.39, 0.29) is 18.2 Å². The van der Waals surface area contributed by atoms with Crippen LogP contribution in [0, 0.1) is 0 Å². The standard InChI is InChI=1S/C27H48N2O4S/c1-3-4-5-6-7-8-9-10-11-12-13-14-15-16-17-18-21-28-27(31)24-19-20-25(23-30)26(22-24)29-34(2,32)33/h19-20,22,29-30H,3-18,21,23H2,1-2H3,(H,28,31). The van der Waals surface area contributed by atoms with Crippen molar-refractivity contribution in [2.24, 2.45) is 0 Å². The Kier molecular flexibility index (Phi) is 16.7. The first-order valence-corrected chi connectivity index (χ1v) is 15.3. The highest BCUT2D eigenvalue weighted by molar-refractivity contribution is 7.92. The minimum atomic E-state index is -3.49. The lowest BCUT2D eigenvalue weighted by atomic mass is 10.0. The van der Waals surface area contributed by atoms with Gasteiger partial charge in [-0.05, 0) is 18.6 Å². The van der Waals surface area contributed by atoms with E-state index in [0.717, 1.165) is 19.1 Å². The number of carbonyl (C=O) groups is 1. The average molecular weight is 497 g/mol. The summed E-state index contributed by atoms with van der Waals surface area (Å²) < 4.78 is 25.4. The molecule has 1 aromatic rings. The third-order valence-corrected chi connectivity index (χ3v) is 6.74. The zero-order valence-electron chi connectivity index (χ0n) is 21.5. The fraction of sp³-hybridized carbons (Fsp3) is 0.741. The number of nitrogens with one attached hydrogen (secondary N) is 2. The van der Waals surface area contributed by atoms with Gasteiger partial charge in [0.2, 0.25) is 10.0 Å². The Balaban J connectivity index is 2.04. The lowest BCUT2D eigenvalue weighted by Gasteiger charge is -2.11. The maximum Gasteiger partial charge on any atom is 0.251 e. The van der Waals surface area contributed by atoms with Crippen LogP contribution in [0.15, 0.2) is 18.2 Å². The summed E-state index contributed by atoms with van der Waals surface area (Å²) in [5.74, 6) is -0.234. The number of carbonyl (C=O) groups excluding carboxylic acids is 1. The highest BCUT2D eigenvalue weighted by atomic mass is 32.2. The number of sulfonamides is 1. The van der Waals surface area contributed by atoms with E-state index in [9.17, 15) is 18.3 Å². The fourth-order valence-electron chi connectivity index (χ4n) is 4.13. The number of anilines is 1. The summed E-state index contributed by atoms with van der Waals surface area (Å²) in [5, 5.41) is 12.3. The van der Waals surface area contributed by atoms with Gasteiger partial charge in [-0.3, -0.25) is 9.52 Å². The Morgan fingerprint density at radius 1 is 0.794 bits per heavy atom. The number of aliphatic hydroxyl groups excluding tert-OH is 1. The van der Waals surface area contributed by atoms with Crippen molar-refractivity contribution >= 4 is 21.6 Å². The maximum atomic E-state index is 12.4. The second-order valence-electron chi connectivity index (χ2n) is 9.46. The zero-order valence-corrected chi connectivity index (χ0v) is 22.4. The van der Waals surface area contributed by atoms with Crippen molar-refractivity contribution in [3.8, 4) is 0 Å². The van der Waals surface area contributed by atoms with Gasteiger partial charge in [0.15, 0.2) is 0 Å². The molecule has 0 aliphatic heterocycles. The molecule has 0 radical (unpaired) electrons. The number of hydrogen-bond acceptors (Lipinski definition) is 4. The van der Waals surface area contributed by atoms with Gasteiger partial charge < -0.3 is 10.4 Å². The predicted molar refractivity (Wildman–Crippen MR) is 143 cm³/mol. The molecule has 0 fully saturated rings. The largest absolute Gasteiger partial charge is 0.392 e. The first kappa shape index (κ1) is 30.4. The fourth-order valence-corrected chi connectivity index (χ4v) is 4.72. The molecule has 1 aromatic carbocycles. The Morgan fingerprint density at radius 2 is 1.26 bits per heavy atom. The van der Waals surface area contributed by atoms with Crippen LogP contribution in [0.2, 0.25) is 0 Å². The van der Waals surface area contributed by atoms with Crippen LogP contribution in [0.4, 0.5) is 5.69 Å². The lowest BCUT2D eigenvalue weighted by Crippen LogP contribution is -2.24. The van der Waals surface area contributed by atoms with Crippen molar-refractivity contribution in [3.05, 3.63) is 29.3 Å². The summed E-state index contributed by atoms with van der Waals surface area (Å²) >= 11 is 0. The van der Waals surface area contributed by atoms with Gasteiger partial charge in [-0.15, -0.1) is 0 Å². The third kappa shape index (κ3) is 15.3. The van der Waals surface area contributed by atoms with E-state index >= 15 is 0 Å². The van der Waals surface area contributed by atoms with Crippen molar-refractivity contribution in [1.29, 1.82) is 0 Å². The van der Waals surface area contributed by atoms with Gasteiger partial charge in [-0.25, -0.2) is 8.42 Å². The highest BCUT2D eigenvalue weighted by Crippen LogP contribution is 2.19. The first-order valence-electron chi connectivity index (χ1n) is 13.4. The zero-order chi connectivity index (χ0) is 25.1. The van der Waals surface area contributed by atoms with Gasteiger partial charge in [0.05, 0.1) is 18.6 Å². The maximum absolute atomic E-state index is 12.4. The van der Waals surface area contributed by atoms with Crippen molar-refractivity contribution in [3.63, 3.8) is 0 Å². The third-order valence-electron chi connectivity index (χ3n) is 6.15. The van der Waals surface area contributed by atoms with Crippen LogP contribution < -0.4 is 10.0 Å². The number of aliphatic hydroxyl groups is 1. The van der Waals surface area contributed by atoms with Crippen LogP contribution in [-0.4, -0.2) is 32.2 Å². The van der Waals surface area contributed by atoms with Gasteiger partial charge in [0, 0.05) is 17.7 Å². The molecule has 0 heterocycles. The quantitative estimate of drug-likeness (QED) is 0.168. The number of rotatable bonds is 21. The Morgan fingerprint density at radius 3 is 1.71 bits per heavy atom. The normalized spacial score (nSPS) is 11.5. The van der Waals surface area contributed by atoms with Gasteiger partial charge in [0.1, 0.15) is 0 Å². The van der Waals surface area contributed by atoms with E-state index in [4.69, 9.17) is 0 Å². The van der Waals surface area contributed by atoms with E-state index in [1.807, 2.05) is 0 Å². The molecule has 0 unspecified atom stereocenters. The second-order valence-corrected chi connectivity index (χ2v) is 11.2. The van der Waals surface area contributed by atoms with Crippen molar-refractivity contribution in [1.82, 2.24) is 5.32 Å². The molecule has 34 heavy (non-hydrogen) atoms. The highest BCUT2D eigenvalue weighted by Gasteiger charge is 2.12. The Labute approximate surface area is 208 Å². The van der Waals surface area contributed by atoms with E-state index in [2.05, 4.69) is 17.0 Å². The molecule has 0 aliphatic carbocycles.